The van der Waals surface area contributed by atoms with Crippen LogP contribution in [0.5, 0.6) is 0 Å². The van der Waals surface area contributed by atoms with E-state index in [0.717, 1.165) is 24.7 Å². The first-order valence-corrected chi connectivity index (χ1v) is 12.0. The molecule has 0 radical (unpaired) electrons. The molecule has 2 aliphatic heterocycles. The smallest absolute Gasteiger partial charge is 0.207 e. The van der Waals surface area contributed by atoms with Crippen LogP contribution in [0.1, 0.15) is 49.1 Å². The second-order valence-corrected chi connectivity index (χ2v) is 8.57. The van der Waals surface area contributed by atoms with Crippen molar-refractivity contribution in [2.45, 2.75) is 44.6 Å². The van der Waals surface area contributed by atoms with E-state index in [9.17, 15) is 9.59 Å². The van der Waals surface area contributed by atoms with Crippen LogP contribution in [-0.2, 0) is 16.1 Å². The van der Waals surface area contributed by atoms with Crippen LogP contribution in [0, 0.1) is 5.92 Å². The molecule has 0 aromatic heterocycles. The van der Waals surface area contributed by atoms with Gasteiger partial charge in [-0.25, -0.2) is 0 Å². The summed E-state index contributed by atoms with van der Waals surface area (Å²) in [6, 6.07) is 9.26. The maximum absolute atomic E-state index is 9.52. The molecule has 0 spiro atoms. The van der Waals surface area contributed by atoms with Crippen LogP contribution in [0.2, 0.25) is 0 Å². The lowest BCUT2D eigenvalue weighted by atomic mass is 9.88. The van der Waals surface area contributed by atoms with Crippen LogP contribution in [0.3, 0.4) is 0 Å². The number of hydrogen-bond acceptors (Lipinski definition) is 6. The van der Waals surface area contributed by atoms with Gasteiger partial charge in [-0.1, -0.05) is 24.3 Å². The number of piperidine rings is 2. The summed E-state index contributed by atoms with van der Waals surface area (Å²) in [6.07, 6.45) is 7.13. The maximum Gasteiger partial charge on any atom is 0.207 e. The molecule has 7 nitrogen and oxygen atoms in total. The number of aldehydes is 1. The van der Waals surface area contributed by atoms with Crippen molar-refractivity contribution in [3.63, 3.8) is 0 Å². The Kier molecular flexibility index (Phi) is 16.5. The first kappa shape index (κ1) is 28.2. The number of nitrogens with one attached hydrogen (secondary N) is 4. The van der Waals surface area contributed by atoms with Crippen LogP contribution >= 0.6 is 0 Å². The summed E-state index contributed by atoms with van der Waals surface area (Å²) in [5.41, 5.74) is 2.93. The van der Waals surface area contributed by atoms with Gasteiger partial charge < -0.3 is 31.0 Å². The van der Waals surface area contributed by atoms with Crippen molar-refractivity contribution in [2.24, 2.45) is 5.92 Å². The molecule has 0 aliphatic carbocycles. The Bertz CT molecular complexity index is 574. The molecule has 1 aromatic carbocycles. The van der Waals surface area contributed by atoms with E-state index < -0.39 is 0 Å². The van der Waals surface area contributed by atoms with Gasteiger partial charge in [-0.05, 0) is 96.0 Å². The van der Waals surface area contributed by atoms with Gasteiger partial charge in [0.2, 0.25) is 6.41 Å². The van der Waals surface area contributed by atoms with Crippen LogP contribution < -0.4 is 21.3 Å². The number of likely N-dealkylation sites (tertiary alicyclic amines) is 1. The molecular weight excluding hydrogens is 402 g/mol. The quantitative estimate of drug-likeness (QED) is 0.341. The fourth-order valence-electron chi connectivity index (χ4n) is 4.19. The summed E-state index contributed by atoms with van der Waals surface area (Å²) >= 11 is 0. The van der Waals surface area contributed by atoms with Gasteiger partial charge >= 0.3 is 0 Å². The highest BCUT2D eigenvalue weighted by Gasteiger charge is 2.23. The fraction of sp³-hybridized carbons (Fsp3) is 0.680. The van der Waals surface area contributed by atoms with Gasteiger partial charge in [0.25, 0.3) is 0 Å². The van der Waals surface area contributed by atoms with Crippen LogP contribution in [-0.4, -0.2) is 78.0 Å². The molecule has 4 N–H and O–H groups in total. The Balaban J connectivity index is 0.000000433. The molecule has 2 aliphatic rings. The topological polar surface area (TPSA) is 85.5 Å². The van der Waals surface area contributed by atoms with Crippen molar-refractivity contribution in [1.82, 2.24) is 26.2 Å². The summed E-state index contributed by atoms with van der Waals surface area (Å²) in [5.74, 6) is 1.70. The van der Waals surface area contributed by atoms with E-state index in [1.165, 1.54) is 64.0 Å². The van der Waals surface area contributed by atoms with Crippen LogP contribution in [0.4, 0.5) is 0 Å². The minimum Gasteiger partial charge on any atom is -0.358 e. The molecule has 2 fully saturated rings. The predicted octanol–water partition coefficient (Wildman–Crippen LogP) is 1.74. The Hall–Kier alpha value is -1.80. The summed E-state index contributed by atoms with van der Waals surface area (Å²) < 4.78 is 0. The zero-order chi connectivity index (χ0) is 23.4. The van der Waals surface area contributed by atoms with Gasteiger partial charge in [0, 0.05) is 26.1 Å². The van der Waals surface area contributed by atoms with E-state index in [0.29, 0.717) is 19.4 Å². The highest BCUT2D eigenvalue weighted by molar-refractivity contribution is 5.51. The van der Waals surface area contributed by atoms with Crippen molar-refractivity contribution in [3.8, 4) is 0 Å². The minimum absolute atomic E-state index is 0.402. The van der Waals surface area contributed by atoms with Gasteiger partial charge in [-0.15, -0.1) is 0 Å². The highest BCUT2D eigenvalue weighted by atomic mass is 16.1. The lowest BCUT2D eigenvalue weighted by Gasteiger charge is -2.35. The highest BCUT2D eigenvalue weighted by Crippen LogP contribution is 2.29. The van der Waals surface area contributed by atoms with Gasteiger partial charge in [-0.2, -0.15) is 0 Å². The maximum atomic E-state index is 9.52. The lowest BCUT2D eigenvalue weighted by molar-refractivity contribution is -0.109. The number of nitrogens with zero attached hydrogens (tertiary/aromatic N) is 1. The van der Waals surface area contributed by atoms with E-state index >= 15 is 0 Å². The molecule has 1 aromatic rings. The molecule has 2 saturated heterocycles. The largest absolute Gasteiger partial charge is 0.358 e. The molecule has 7 heteroatoms. The Labute approximate surface area is 195 Å². The Morgan fingerprint density at radius 1 is 1.00 bits per heavy atom. The van der Waals surface area contributed by atoms with Gasteiger partial charge in [0.05, 0.1) is 0 Å². The Morgan fingerprint density at radius 2 is 1.62 bits per heavy atom. The Morgan fingerprint density at radius 3 is 2.16 bits per heavy atom. The lowest BCUT2D eigenvalue weighted by Crippen LogP contribution is -2.39. The molecule has 1 amide bonds. The minimum atomic E-state index is 0.402. The third-order valence-corrected chi connectivity index (χ3v) is 5.88. The molecule has 2 heterocycles. The first-order valence-electron chi connectivity index (χ1n) is 12.0. The summed E-state index contributed by atoms with van der Waals surface area (Å²) in [6.45, 7) is 7.76. The fourth-order valence-corrected chi connectivity index (χ4v) is 4.19. The van der Waals surface area contributed by atoms with Crippen LogP contribution in [0.25, 0.3) is 0 Å². The molecule has 0 saturated carbocycles. The van der Waals surface area contributed by atoms with Gasteiger partial charge in [0.15, 0.2) is 0 Å². The average molecular weight is 448 g/mol. The van der Waals surface area contributed by atoms with Crippen molar-refractivity contribution >= 4 is 12.7 Å². The first-order chi connectivity index (χ1) is 15.7. The second-order valence-electron chi connectivity index (χ2n) is 8.57. The molecule has 0 atom stereocenters. The molecule has 0 unspecified atom stereocenters. The number of carbonyl (C=O) groups is 2. The number of amides is 1. The van der Waals surface area contributed by atoms with Gasteiger partial charge in [0.1, 0.15) is 6.29 Å². The van der Waals surface area contributed by atoms with Crippen LogP contribution in [0.15, 0.2) is 24.3 Å². The number of benzene rings is 1. The normalized spacial score (nSPS) is 17.3. The van der Waals surface area contributed by atoms with E-state index in [1.54, 1.807) is 5.56 Å². The molecule has 0 bridgehead atoms. The molecule has 182 valence electrons. The van der Waals surface area contributed by atoms with E-state index in [1.807, 2.05) is 21.1 Å². The van der Waals surface area contributed by atoms with Crippen molar-refractivity contribution in [3.05, 3.63) is 35.4 Å². The zero-order valence-corrected chi connectivity index (χ0v) is 20.4. The third kappa shape index (κ3) is 12.3. The van der Waals surface area contributed by atoms with E-state index in [-0.39, 0.29) is 0 Å². The monoisotopic (exact) mass is 447 g/mol. The third-order valence-electron chi connectivity index (χ3n) is 5.88. The van der Waals surface area contributed by atoms with Crippen molar-refractivity contribution < 1.29 is 9.59 Å². The number of hydrogen-bond donors (Lipinski definition) is 4. The second kappa shape index (κ2) is 18.7. The summed E-state index contributed by atoms with van der Waals surface area (Å²) in [5, 5.41) is 11.8. The van der Waals surface area contributed by atoms with Crippen molar-refractivity contribution in [1.29, 1.82) is 0 Å². The van der Waals surface area contributed by atoms with E-state index in [2.05, 4.69) is 50.4 Å². The van der Waals surface area contributed by atoms with Gasteiger partial charge in [-0.3, -0.25) is 4.79 Å². The van der Waals surface area contributed by atoms with Crippen molar-refractivity contribution in [2.75, 3.05) is 60.4 Å². The standard InChI is InChI=1S/C19H31N3.C4H7NO2.C2H7N/c1-20-14-16-2-4-18(5-3-16)19-8-12-22(13-9-19)15-17-6-10-21-11-7-17;6-3-1-2-5-4-7;1-3-2/h2-5,17,19-21H,6-15H2,1H3;3-4H,1-2H2,(H,5,7);3H,1-2H3. The average Bonchev–Trinajstić information content (AvgIpc) is 2.82. The van der Waals surface area contributed by atoms with E-state index in [4.69, 9.17) is 0 Å². The molecular formula is C25H45N5O2. The molecule has 32 heavy (non-hydrogen) atoms. The number of rotatable bonds is 9. The predicted molar refractivity (Wildman–Crippen MR) is 133 cm³/mol. The molecule has 3 rings (SSSR count). The summed E-state index contributed by atoms with van der Waals surface area (Å²) in [7, 11) is 5.76. The summed E-state index contributed by atoms with van der Waals surface area (Å²) in [4.78, 5) is 21.7. The SMILES string of the molecule is CNC.CNCc1ccc(C2CCN(CC3CCNCC3)CC2)cc1.O=CCCNC=O. The number of carbonyl (C=O) groups excluding carboxylic acids is 2. The zero-order valence-electron chi connectivity index (χ0n) is 20.4.